The molecule has 0 radical (unpaired) electrons. The molecular formula is C17H22N4O2. The summed E-state index contributed by atoms with van der Waals surface area (Å²) in [5.74, 6) is 0.143. The number of nitrogens with zero attached hydrogens (tertiary/aromatic N) is 3. The van der Waals surface area contributed by atoms with E-state index < -0.39 is 5.91 Å². The summed E-state index contributed by atoms with van der Waals surface area (Å²) >= 11 is 0. The summed E-state index contributed by atoms with van der Waals surface area (Å²) in [6, 6.07) is 9.11. The zero-order chi connectivity index (χ0) is 16.7. The smallest absolute Gasteiger partial charge is 0.267 e. The third-order valence-corrected chi connectivity index (χ3v) is 3.89. The lowest BCUT2D eigenvalue weighted by Gasteiger charge is -2.33. The van der Waals surface area contributed by atoms with Crippen molar-refractivity contribution in [1.82, 2.24) is 9.80 Å². The molecule has 0 aliphatic carbocycles. The third kappa shape index (κ3) is 4.47. The maximum absolute atomic E-state index is 12.3. The number of hydrogen-bond acceptors (Lipinski definition) is 5. The highest BCUT2D eigenvalue weighted by Gasteiger charge is 2.17. The van der Waals surface area contributed by atoms with Crippen LogP contribution in [0.4, 0.5) is 5.69 Å². The summed E-state index contributed by atoms with van der Waals surface area (Å²) in [4.78, 5) is 16.7. The van der Waals surface area contributed by atoms with E-state index in [1.54, 1.807) is 31.5 Å². The van der Waals surface area contributed by atoms with Crippen molar-refractivity contribution in [2.24, 2.45) is 0 Å². The van der Waals surface area contributed by atoms with E-state index in [2.05, 4.69) is 17.1 Å². The van der Waals surface area contributed by atoms with Gasteiger partial charge in [0.05, 0.1) is 12.8 Å². The number of ether oxygens (including phenoxy) is 1. The Morgan fingerprint density at radius 1 is 1.35 bits per heavy atom. The van der Waals surface area contributed by atoms with Crippen LogP contribution in [-0.2, 0) is 4.79 Å². The number of rotatable bonds is 5. The van der Waals surface area contributed by atoms with Gasteiger partial charge in [0.2, 0.25) is 0 Å². The summed E-state index contributed by atoms with van der Waals surface area (Å²) in [5.41, 5.74) is 0.651. The number of hydrogen-bond donors (Lipinski definition) is 1. The van der Waals surface area contributed by atoms with Gasteiger partial charge in [-0.05, 0) is 18.7 Å². The van der Waals surface area contributed by atoms with Crippen LogP contribution in [-0.4, -0.2) is 55.5 Å². The molecule has 1 saturated heterocycles. The normalized spacial score (nSPS) is 15.9. The van der Waals surface area contributed by atoms with Crippen LogP contribution in [0.2, 0.25) is 0 Å². The number of methoxy groups -OCH3 is 1. The van der Waals surface area contributed by atoms with Gasteiger partial charge >= 0.3 is 0 Å². The second kappa shape index (κ2) is 8.20. The average molecular weight is 314 g/mol. The zero-order valence-electron chi connectivity index (χ0n) is 13.6. The van der Waals surface area contributed by atoms with Crippen molar-refractivity contribution < 1.29 is 9.53 Å². The van der Waals surface area contributed by atoms with Crippen LogP contribution in [0.5, 0.6) is 5.75 Å². The largest absolute Gasteiger partial charge is 0.495 e. The van der Waals surface area contributed by atoms with Gasteiger partial charge in [-0.3, -0.25) is 4.79 Å². The first kappa shape index (κ1) is 16.8. The Kier molecular flexibility index (Phi) is 6.01. The molecule has 0 spiro atoms. The molecule has 23 heavy (non-hydrogen) atoms. The predicted octanol–water partition coefficient (Wildman–Crippen LogP) is 1.68. The fourth-order valence-electron chi connectivity index (χ4n) is 2.47. The monoisotopic (exact) mass is 314 g/mol. The first-order valence-corrected chi connectivity index (χ1v) is 7.70. The van der Waals surface area contributed by atoms with Crippen LogP contribution in [0.15, 0.2) is 36.0 Å². The van der Waals surface area contributed by atoms with Gasteiger partial charge in [-0.25, -0.2) is 0 Å². The lowest BCUT2D eigenvalue weighted by atomic mass is 10.2. The van der Waals surface area contributed by atoms with Crippen molar-refractivity contribution in [2.75, 3.05) is 45.2 Å². The minimum atomic E-state index is -0.421. The Labute approximate surface area is 136 Å². The van der Waals surface area contributed by atoms with E-state index in [0.717, 1.165) is 32.7 Å². The molecule has 0 atom stereocenters. The van der Waals surface area contributed by atoms with Gasteiger partial charge in [0.1, 0.15) is 17.4 Å². The molecule has 1 heterocycles. The molecule has 2 rings (SSSR count). The van der Waals surface area contributed by atoms with Crippen molar-refractivity contribution in [3.63, 3.8) is 0 Å². The highest BCUT2D eigenvalue weighted by molar-refractivity contribution is 6.07. The molecule has 0 bridgehead atoms. The lowest BCUT2D eigenvalue weighted by Crippen LogP contribution is -2.44. The van der Waals surface area contributed by atoms with Crippen molar-refractivity contribution in [3.05, 3.63) is 36.0 Å². The SMILES string of the molecule is CCN1CCN(/C=C(/C#N)C(=O)Nc2ccccc2OC)CC1. The molecule has 0 unspecified atom stereocenters. The van der Waals surface area contributed by atoms with Gasteiger partial charge in [-0.2, -0.15) is 5.26 Å². The van der Waals surface area contributed by atoms with Crippen molar-refractivity contribution in [1.29, 1.82) is 5.26 Å². The van der Waals surface area contributed by atoms with Crippen molar-refractivity contribution in [2.45, 2.75) is 6.92 Å². The number of anilines is 1. The Morgan fingerprint density at radius 3 is 2.65 bits per heavy atom. The number of piperazine rings is 1. The summed E-state index contributed by atoms with van der Waals surface area (Å²) in [6.45, 7) is 6.69. The van der Waals surface area contributed by atoms with Crippen LogP contribution >= 0.6 is 0 Å². The standard InChI is InChI=1S/C17H22N4O2/c1-3-20-8-10-21(11-9-20)13-14(12-18)17(22)19-15-6-4-5-7-16(15)23-2/h4-7,13H,3,8-11H2,1-2H3,(H,19,22)/b14-13-. The van der Waals surface area contributed by atoms with E-state index in [1.807, 2.05) is 17.0 Å². The maximum Gasteiger partial charge on any atom is 0.267 e. The molecule has 6 nitrogen and oxygen atoms in total. The molecule has 1 N–H and O–H groups in total. The lowest BCUT2D eigenvalue weighted by molar-refractivity contribution is -0.112. The van der Waals surface area contributed by atoms with Crippen LogP contribution in [0.3, 0.4) is 0 Å². The highest BCUT2D eigenvalue weighted by atomic mass is 16.5. The molecule has 0 saturated carbocycles. The van der Waals surface area contributed by atoms with Crippen molar-refractivity contribution in [3.8, 4) is 11.8 Å². The summed E-state index contributed by atoms with van der Waals surface area (Å²) in [7, 11) is 1.54. The summed E-state index contributed by atoms with van der Waals surface area (Å²) in [5, 5.41) is 12.0. The second-order valence-corrected chi connectivity index (χ2v) is 5.28. The topological polar surface area (TPSA) is 68.6 Å². The molecule has 1 aliphatic rings. The third-order valence-electron chi connectivity index (χ3n) is 3.89. The number of carbonyl (C=O) groups is 1. The van der Waals surface area contributed by atoms with Crippen LogP contribution in [0.25, 0.3) is 0 Å². The minimum absolute atomic E-state index is 0.0980. The molecule has 1 fully saturated rings. The van der Waals surface area contributed by atoms with Gasteiger partial charge < -0.3 is 19.9 Å². The van der Waals surface area contributed by atoms with E-state index in [1.165, 1.54) is 0 Å². The van der Waals surface area contributed by atoms with Gasteiger partial charge in [0.15, 0.2) is 0 Å². The number of carbonyl (C=O) groups excluding carboxylic acids is 1. The number of nitriles is 1. The first-order valence-electron chi connectivity index (χ1n) is 7.70. The zero-order valence-corrected chi connectivity index (χ0v) is 13.6. The van der Waals surface area contributed by atoms with E-state index in [9.17, 15) is 10.1 Å². The fraction of sp³-hybridized carbons (Fsp3) is 0.412. The highest BCUT2D eigenvalue weighted by Crippen LogP contribution is 2.23. The second-order valence-electron chi connectivity index (χ2n) is 5.28. The van der Waals surface area contributed by atoms with E-state index in [4.69, 9.17) is 4.74 Å². The maximum atomic E-state index is 12.3. The molecule has 6 heteroatoms. The molecule has 122 valence electrons. The van der Waals surface area contributed by atoms with Gasteiger partial charge in [0, 0.05) is 32.4 Å². The van der Waals surface area contributed by atoms with E-state index in [0.29, 0.717) is 11.4 Å². The van der Waals surface area contributed by atoms with Crippen LogP contribution < -0.4 is 10.1 Å². The van der Waals surface area contributed by atoms with Gasteiger partial charge in [-0.15, -0.1) is 0 Å². The number of likely N-dealkylation sites (N-methyl/N-ethyl adjacent to an activating group) is 1. The Bertz CT molecular complexity index is 613. The summed E-state index contributed by atoms with van der Waals surface area (Å²) in [6.07, 6.45) is 1.65. The van der Waals surface area contributed by atoms with Gasteiger partial charge in [0.25, 0.3) is 5.91 Å². The average Bonchev–Trinajstić information content (AvgIpc) is 2.60. The number of nitrogens with one attached hydrogen (secondary N) is 1. The quantitative estimate of drug-likeness (QED) is 0.661. The Balaban J connectivity index is 2.04. The summed E-state index contributed by atoms with van der Waals surface area (Å²) < 4.78 is 5.20. The Morgan fingerprint density at radius 2 is 2.04 bits per heavy atom. The van der Waals surface area contributed by atoms with E-state index >= 15 is 0 Å². The first-order chi connectivity index (χ1) is 11.2. The molecule has 1 aromatic carbocycles. The Hall–Kier alpha value is -2.52. The van der Waals surface area contributed by atoms with Crippen LogP contribution in [0.1, 0.15) is 6.92 Å². The fourth-order valence-corrected chi connectivity index (χ4v) is 2.47. The number of benzene rings is 1. The van der Waals surface area contributed by atoms with Crippen molar-refractivity contribution >= 4 is 11.6 Å². The predicted molar refractivity (Wildman–Crippen MR) is 89.0 cm³/mol. The molecular weight excluding hydrogens is 292 g/mol. The number of amides is 1. The number of para-hydroxylation sites is 2. The molecule has 1 aromatic rings. The molecule has 1 amide bonds. The molecule has 1 aliphatic heterocycles. The van der Waals surface area contributed by atoms with Gasteiger partial charge in [-0.1, -0.05) is 19.1 Å². The van der Waals surface area contributed by atoms with Crippen LogP contribution in [0, 0.1) is 11.3 Å². The molecule has 0 aromatic heterocycles. The minimum Gasteiger partial charge on any atom is -0.495 e. The van der Waals surface area contributed by atoms with E-state index in [-0.39, 0.29) is 5.57 Å².